The molecule has 0 spiro atoms. The number of ether oxygens (including phenoxy) is 1. The minimum Gasteiger partial charge on any atom is -0.487 e. The second kappa shape index (κ2) is 9.07. The van der Waals surface area contributed by atoms with Crippen molar-refractivity contribution in [3.8, 4) is 17.6 Å². The smallest absolute Gasteiger partial charge is 0.149 e. The van der Waals surface area contributed by atoms with Crippen LogP contribution in [0.3, 0.4) is 0 Å². The zero-order chi connectivity index (χ0) is 20.8. The Balaban J connectivity index is 1.47. The van der Waals surface area contributed by atoms with E-state index in [1.54, 1.807) is 42.9 Å². The Morgan fingerprint density at radius 3 is 2.87 bits per heavy atom. The lowest BCUT2D eigenvalue weighted by Gasteiger charge is -2.11. The summed E-state index contributed by atoms with van der Waals surface area (Å²) in [5.41, 5.74) is 2.81. The van der Waals surface area contributed by atoms with Gasteiger partial charge in [-0.3, -0.25) is 5.10 Å². The lowest BCUT2D eigenvalue weighted by Crippen LogP contribution is -1.99. The summed E-state index contributed by atoms with van der Waals surface area (Å²) in [4.78, 5) is 8.28. The van der Waals surface area contributed by atoms with Gasteiger partial charge in [0.2, 0.25) is 0 Å². The first-order valence-electron chi connectivity index (χ1n) is 8.92. The molecule has 2 aromatic heterocycles. The molecule has 2 aromatic carbocycles. The molecule has 4 aromatic rings. The Kier molecular flexibility index (Phi) is 5.88. The van der Waals surface area contributed by atoms with Gasteiger partial charge in [-0.05, 0) is 35.9 Å². The minimum atomic E-state index is -0.307. The van der Waals surface area contributed by atoms with Gasteiger partial charge in [0.25, 0.3) is 0 Å². The first-order valence-corrected chi connectivity index (χ1v) is 9.30. The van der Waals surface area contributed by atoms with Crippen molar-refractivity contribution in [3.63, 3.8) is 0 Å². The minimum absolute atomic E-state index is 0.212. The number of nitrogens with zero attached hydrogens (tertiary/aromatic N) is 3. The summed E-state index contributed by atoms with van der Waals surface area (Å²) >= 11 is 6.35. The summed E-state index contributed by atoms with van der Waals surface area (Å²) in [6.45, 7) is 0.212. The molecule has 0 unspecified atom stereocenters. The van der Waals surface area contributed by atoms with Crippen molar-refractivity contribution in [2.75, 3.05) is 5.32 Å². The van der Waals surface area contributed by atoms with Crippen molar-refractivity contribution in [1.29, 1.82) is 0 Å². The molecule has 148 valence electrons. The zero-order valence-corrected chi connectivity index (χ0v) is 16.3. The third-order valence-electron chi connectivity index (χ3n) is 4.03. The van der Waals surface area contributed by atoms with Crippen LogP contribution in [0.1, 0.15) is 16.7 Å². The van der Waals surface area contributed by atoms with Crippen molar-refractivity contribution in [2.45, 2.75) is 6.61 Å². The third kappa shape index (κ3) is 4.93. The Bertz CT molecular complexity index is 1220. The van der Waals surface area contributed by atoms with Crippen LogP contribution in [0.25, 0.3) is 0 Å². The van der Waals surface area contributed by atoms with Crippen molar-refractivity contribution >= 4 is 23.1 Å². The van der Waals surface area contributed by atoms with Crippen LogP contribution in [0.4, 0.5) is 15.9 Å². The molecule has 0 amide bonds. The molecule has 30 heavy (non-hydrogen) atoms. The molecular formula is C22H15ClFN5O. The van der Waals surface area contributed by atoms with E-state index in [9.17, 15) is 4.39 Å². The van der Waals surface area contributed by atoms with Gasteiger partial charge in [-0.25, -0.2) is 14.4 Å². The van der Waals surface area contributed by atoms with Crippen molar-refractivity contribution in [1.82, 2.24) is 20.2 Å². The summed E-state index contributed by atoms with van der Waals surface area (Å²) < 4.78 is 19.0. The van der Waals surface area contributed by atoms with Gasteiger partial charge in [0.15, 0.2) is 0 Å². The molecular weight excluding hydrogens is 405 g/mol. The van der Waals surface area contributed by atoms with Crippen LogP contribution in [-0.2, 0) is 6.61 Å². The van der Waals surface area contributed by atoms with Gasteiger partial charge < -0.3 is 10.1 Å². The topological polar surface area (TPSA) is 75.7 Å². The Morgan fingerprint density at radius 2 is 2.07 bits per heavy atom. The number of benzene rings is 2. The standard InChI is InChI=1S/C22H15ClFN5O/c23-20-9-19(6-7-21(20)30-13-15-2-1-3-18(24)8-15)29-22-17(12-25-14-26-22)5-4-16-10-27-28-11-16/h1-3,6-12,14H,13H2,(H,27,28)(H,25,26,29). The molecule has 0 radical (unpaired) electrons. The highest BCUT2D eigenvalue weighted by atomic mass is 35.5. The van der Waals surface area contributed by atoms with Crippen LogP contribution in [0, 0.1) is 17.7 Å². The van der Waals surface area contributed by atoms with Crippen LogP contribution in [0.2, 0.25) is 5.02 Å². The lowest BCUT2D eigenvalue weighted by molar-refractivity contribution is 0.306. The molecule has 0 aliphatic rings. The van der Waals surface area contributed by atoms with E-state index in [1.807, 2.05) is 6.07 Å². The summed E-state index contributed by atoms with van der Waals surface area (Å²) in [6.07, 6.45) is 6.39. The number of halogens is 2. The number of aromatic nitrogens is 4. The highest BCUT2D eigenvalue weighted by Gasteiger charge is 2.07. The molecule has 8 heteroatoms. The van der Waals surface area contributed by atoms with Gasteiger partial charge in [0, 0.05) is 18.1 Å². The van der Waals surface area contributed by atoms with Gasteiger partial charge in [0.05, 0.1) is 22.3 Å². The third-order valence-corrected chi connectivity index (χ3v) is 4.33. The van der Waals surface area contributed by atoms with E-state index >= 15 is 0 Å². The van der Waals surface area contributed by atoms with Gasteiger partial charge in [-0.1, -0.05) is 35.6 Å². The summed E-state index contributed by atoms with van der Waals surface area (Å²) in [5, 5.41) is 10.2. The predicted molar refractivity (Wildman–Crippen MR) is 112 cm³/mol. The van der Waals surface area contributed by atoms with E-state index in [4.69, 9.17) is 16.3 Å². The lowest BCUT2D eigenvalue weighted by atomic mass is 10.2. The molecule has 4 rings (SSSR count). The van der Waals surface area contributed by atoms with Crippen molar-refractivity contribution in [3.05, 3.63) is 94.9 Å². The maximum absolute atomic E-state index is 13.3. The fraction of sp³-hybridized carbons (Fsp3) is 0.0455. The maximum Gasteiger partial charge on any atom is 0.149 e. The molecule has 6 nitrogen and oxygen atoms in total. The predicted octanol–water partition coefficient (Wildman–Crippen LogP) is 4.71. The molecule has 0 aliphatic heterocycles. The quantitative estimate of drug-likeness (QED) is 0.458. The summed E-state index contributed by atoms with van der Waals surface area (Å²) in [7, 11) is 0. The summed E-state index contributed by atoms with van der Waals surface area (Å²) in [6, 6.07) is 11.5. The number of hydrogen-bond donors (Lipinski definition) is 2. The number of hydrogen-bond acceptors (Lipinski definition) is 5. The van der Waals surface area contributed by atoms with Crippen molar-refractivity contribution < 1.29 is 9.13 Å². The Morgan fingerprint density at radius 1 is 1.13 bits per heavy atom. The number of anilines is 2. The Hall–Kier alpha value is -3.89. The molecule has 0 aliphatic carbocycles. The average molecular weight is 420 g/mol. The molecule has 0 atom stereocenters. The van der Waals surface area contributed by atoms with Crippen LogP contribution >= 0.6 is 11.6 Å². The zero-order valence-electron chi connectivity index (χ0n) is 15.6. The normalized spacial score (nSPS) is 10.2. The largest absolute Gasteiger partial charge is 0.487 e. The number of nitrogens with one attached hydrogen (secondary N) is 2. The Labute approximate surface area is 177 Å². The molecule has 2 heterocycles. The number of aromatic amines is 1. The second-order valence-corrected chi connectivity index (χ2v) is 6.62. The molecule has 0 saturated carbocycles. The van der Waals surface area contributed by atoms with Crippen molar-refractivity contribution in [2.24, 2.45) is 0 Å². The highest BCUT2D eigenvalue weighted by molar-refractivity contribution is 6.32. The monoisotopic (exact) mass is 419 g/mol. The number of rotatable bonds is 5. The van der Waals surface area contributed by atoms with Gasteiger partial charge >= 0.3 is 0 Å². The fourth-order valence-corrected chi connectivity index (χ4v) is 2.83. The number of H-pyrrole nitrogens is 1. The molecule has 0 fully saturated rings. The summed E-state index contributed by atoms with van der Waals surface area (Å²) in [5.74, 6) is 6.74. The van der Waals surface area contributed by atoms with Gasteiger partial charge in [-0.15, -0.1) is 0 Å². The fourth-order valence-electron chi connectivity index (χ4n) is 2.60. The van der Waals surface area contributed by atoms with E-state index in [2.05, 4.69) is 37.3 Å². The maximum atomic E-state index is 13.3. The van der Waals surface area contributed by atoms with Crippen LogP contribution in [0.5, 0.6) is 5.75 Å². The second-order valence-electron chi connectivity index (χ2n) is 6.21. The highest BCUT2D eigenvalue weighted by Crippen LogP contribution is 2.30. The van der Waals surface area contributed by atoms with Crippen LogP contribution in [-0.4, -0.2) is 20.2 Å². The van der Waals surface area contributed by atoms with Gasteiger partial charge in [-0.2, -0.15) is 5.10 Å². The van der Waals surface area contributed by atoms with E-state index in [0.717, 1.165) is 11.1 Å². The van der Waals surface area contributed by atoms with E-state index in [-0.39, 0.29) is 12.4 Å². The first-order chi connectivity index (χ1) is 14.7. The van der Waals surface area contributed by atoms with E-state index < -0.39 is 0 Å². The van der Waals surface area contributed by atoms with E-state index in [1.165, 1.54) is 18.5 Å². The molecule has 0 saturated heterocycles. The van der Waals surface area contributed by atoms with E-state index in [0.29, 0.717) is 27.8 Å². The van der Waals surface area contributed by atoms with Crippen LogP contribution < -0.4 is 10.1 Å². The molecule has 0 bridgehead atoms. The van der Waals surface area contributed by atoms with Crippen LogP contribution in [0.15, 0.2) is 67.4 Å². The van der Waals surface area contributed by atoms with Gasteiger partial charge in [0.1, 0.15) is 30.3 Å². The first kappa shape index (κ1) is 19.4. The molecule has 2 N–H and O–H groups in total. The average Bonchev–Trinajstić information content (AvgIpc) is 3.26. The SMILES string of the molecule is Fc1cccc(COc2ccc(Nc3ncncc3C#Cc3cn[nH]c3)cc2Cl)c1.